The predicted molar refractivity (Wildman–Crippen MR) is 80.7 cm³/mol. The van der Waals surface area contributed by atoms with Gasteiger partial charge in [-0.05, 0) is 38.0 Å². The van der Waals surface area contributed by atoms with E-state index in [-0.39, 0.29) is 12.2 Å². The van der Waals surface area contributed by atoms with E-state index in [0.29, 0.717) is 17.0 Å². The summed E-state index contributed by atoms with van der Waals surface area (Å²) < 4.78 is 13.7. The van der Waals surface area contributed by atoms with Crippen LogP contribution in [0.4, 0.5) is 4.39 Å². The van der Waals surface area contributed by atoms with Crippen molar-refractivity contribution in [3.63, 3.8) is 0 Å². The van der Waals surface area contributed by atoms with E-state index in [4.69, 9.17) is 11.6 Å². The third kappa shape index (κ3) is 3.81. The van der Waals surface area contributed by atoms with Crippen LogP contribution in [-0.4, -0.2) is 11.2 Å². The van der Waals surface area contributed by atoms with Crippen LogP contribution in [0.5, 0.6) is 0 Å². The summed E-state index contributed by atoms with van der Waals surface area (Å²) in [5, 5.41) is 10.5. The zero-order valence-corrected chi connectivity index (χ0v) is 12.4. The van der Waals surface area contributed by atoms with E-state index >= 15 is 0 Å². The molecule has 0 saturated carbocycles. The highest BCUT2D eigenvalue weighted by atomic mass is 35.5. The molecule has 2 aromatic carbocycles. The summed E-state index contributed by atoms with van der Waals surface area (Å²) in [7, 11) is 0. The van der Waals surface area contributed by atoms with Gasteiger partial charge in [0.25, 0.3) is 0 Å². The van der Waals surface area contributed by atoms with Gasteiger partial charge in [0.05, 0.1) is 6.10 Å². The minimum Gasteiger partial charge on any atom is -0.392 e. The summed E-state index contributed by atoms with van der Waals surface area (Å²) in [5.41, 5.74) is 3.76. The minimum absolute atomic E-state index is 0.221. The van der Waals surface area contributed by atoms with Crippen LogP contribution in [0.1, 0.15) is 22.3 Å². The summed E-state index contributed by atoms with van der Waals surface area (Å²) in [6, 6.07) is 10.7. The molecule has 2 aromatic rings. The maximum Gasteiger partial charge on any atom is 0.127 e. The number of halogens is 2. The van der Waals surface area contributed by atoms with Gasteiger partial charge < -0.3 is 5.11 Å². The first-order valence-corrected chi connectivity index (χ1v) is 7.01. The van der Waals surface area contributed by atoms with Crippen molar-refractivity contribution in [1.29, 1.82) is 0 Å². The number of hydrogen-bond acceptors (Lipinski definition) is 1. The van der Waals surface area contributed by atoms with Gasteiger partial charge in [-0.15, -0.1) is 0 Å². The number of aryl methyl sites for hydroxylation is 2. The Morgan fingerprint density at radius 2 is 1.75 bits per heavy atom. The number of aliphatic hydroxyl groups is 1. The highest BCUT2D eigenvalue weighted by Crippen LogP contribution is 2.22. The second-order valence-corrected chi connectivity index (χ2v) is 5.67. The molecule has 1 atom stereocenters. The third-order valence-electron chi connectivity index (χ3n) is 3.25. The van der Waals surface area contributed by atoms with Crippen molar-refractivity contribution in [3.05, 3.63) is 69.5 Å². The molecule has 0 aliphatic heterocycles. The molecule has 0 spiro atoms. The Balaban J connectivity index is 2.11. The van der Waals surface area contributed by atoms with Crippen molar-refractivity contribution in [3.8, 4) is 0 Å². The van der Waals surface area contributed by atoms with E-state index < -0.39 is 6.10 Å². The first-order valence-electron chi connectivity index (χ1n) is 6.64. The lowest BCUT2D eigenvalue weighted by Crippen LogP contribution is -2.15. The Hall–Kier alpha value is -1.38. The maximum absolute atomic E-state index is 13.7. The fourth-order valence-electron chi connectivity index (χ4n) is 2.49. The lowest BCUT2D eigenvalue weighted by molar-refractivity contribution is 0.174. The van der Waals surface area contributed by atoms with Gasteiger partial charge in [0.2, 0.25) is 0 Å². The topological polar surface area (TPSA) is 20.2 Å². The highest BCUT2D eigenvalue weighted by molar-refractivity contribution is 6.31. The van der Waals surface area contributed by atoms with Crippen molar-refractivity contribution in [2.75, 3.05) is 0 Å². The molecule has 0 heterocycles. The van der Waals surface area contributed by atoms with Crippen molar-refractivity contribution >= 4 is 11.6 Å². The molecule has 20 heavy (non-hydrogen) atoms. The van der Waals surface area contributed by atoms with Gasteiger partial charge in [0, 0.05) is 17.0 Å². The first kappa shape index (κ1) is 15.0. The van der Waals surface area contributed by atoms with E-state index in [1.165, 1.54) is 6.07 Å². The fraction of sp³-hybridized carbons (Fsp3) is 0.294. The van der Waals surface area contributed by atoms with E-state index in [1.807, 2.05) is 26.0 Å². The van der Waals surface area contributed by atoms with E-state index in [0.717, 1.165) is 16.7 Å². The molecule has 0 aliphatic rings. The van der Waals surface area contributed by atoms with Gasteiger partial charge >= 0.3 is 0 Å². The molecule has 1 N–H and O–H groups in total. The van der Waals surface area contributed by atoms with Gasteiger partial charge in [0.15, 0.2) is 0 Å². The minimum atomic E-state index is -0.648. The largest absolute Gasteiger partial charge is 0.392 e. The predicted octanol–water partition coefficient (Wildman–Crippen LogP) is 4.24. The van der Waals surface area contributed by atoms with Crippen LogP contribution in [0, 0.1) is 19.7 Å². The normalized spacial score (nSPS) is 12.4. The molecule has 0 bridgehead atoms. The summed E-state index contributed by atoms with van der Waals surface area (Å²) in [5.74, 6) is -0.364. The Labute approximate surface area is 124 Å². The average molecular weight is 293 g/mol. The molecule has 106 valence electrons. The van der Waals surface area contributed by atoms with Gasteiger partial charge in [-0.25, -0.2) is 4.39 Å². The van der Waals surface area contributed by atoms with Crippen molar-refractivity contribution in [2.45, 2.75) is 32.8 Å². The SMILES string of the molecule is Cc1cc(C)cc(CC(O)Cc2c(F)cccc2Cl)c1. The Morgan fingerprint density at radius 1 is 1.10 bits per heavy atom. The van der Waals surface area contributed by atoms with Gasteiger partial charge in [-0.2, -0.15) is 0 Å². The van der Waals surface area contributed by atoms with Gasteiger partial charge in [-0.3, -0.25) is 0 Å². The van der Waals surface area contributed by atoms with Gasteiger partial charge in [-0.1, -0.05) is 47.0 Å². The van der Waals surface area contributed by atoms with E-state index in [9.17, 15) is 9.50 Å². The zero-order chi connectivity index (χ0) is 14.7. The first-order chi connectivity index (χ1) is 9.45. The summed E-state index contributed by atoms with van der Waals surface area (Å²) >= 11 is 5.98. The van der Waals surface area contributed by atoms with Gasteiger partial charge in [0.1, 0.15) is 5.82 Å². The maximum atomic E-state index is 13.7. The zero-order valence-electron chi connectivity index (χ0n) is 11.7. The second-order valence-electron chi connectivity index (χ2n) is 5.26. The molecular formula is C17H18ClFO. The number of hydrogen-bond donors (Lipinski definition) is 1. The molecule has 0 radical (unpaired) electrons. The Morgan fingerprint density at radius 3 is 2.35 bits per heavy atom. The lowest BCUT2D eigenvalue weighted by atomic mass is 9.98. The number of benzene rings is 2. The van der Waals surface area contributed by atoms with Crippen LogP contribution >= 0.6 is 11.6 Å². The van der Waals surface area contributed by atoms with E-state index in [1.54, 1.807) is 12.1 Å². The molecular weight excluding hydrogens is 275 g/mol. The molecule has 1 unspecified atom stereocenters. The standard InChI is InChI=1S/C17H18ClFO/c1-11-6-12(2)8-13(7-11)9-14(20)10-15-16(18)4-3-5-17(15)19/h3-8,14,20H,9-10H2,1-2H3. The monoisotopic (exact) mass is 292 g/mol. The summed E-state index contributed by atoms with van der Waals surface area (Å²) in [4.78, 5) is 0. The van der Waals surface area contributed by atoms with Crippen LogP contribution in [0.15, 0.2) is 36.4 Å². The van der Waals surface area contributed by atoms with Crippen molar-refractivity contribution in [1.82, 2.24) is 0 Å². The number of aliphatic hydroxyl groups excluding tert-OH is 1. The van der Waals surface area contributed by atoms with Crippen LogP contribution in [0.3, 0.4) is 0 Å². The molecule has 0 fully saturated rings. The fourth-order valence-corrected chi connectivity index (χ4v) is 2.73. The van der Waals surface area contributed by atoms with Crippen LogP contribution < -0.4 is 0 Å². The lowest BCUT2D eigenvalue weighted by Gasteiger charge is -2.13. The molecule has 0 aliphatic carbocycles. The van der Waals surface area contributed by atoms with Crippen LogP contribution in [0.25, 0.3) is 0 Å². The van der Waals surface area contributed by atoms with Crippen molar-refractivity contribution < 1.29 is 9.50 Å². The Kier molecular flexibility index (Phi) is 4.79. The number of rotatable bonds is 4. The smallest absolute Gasteiger partial charge is 0.127 e. The average Bonchev–Trinajstić information content (AvgIpc) is 2.32. The molecule has 2 rings (SSSR count). The summed E-state index contributed by atoms with van der Waals surface area (Å²) in [6.07, 6.45) is 0.0664. The van der Waals surface area contributed by atoms with Crippen LogP contribution in [0.2, 0.25) is 5.02 Å². The molecule has 3 heteroatoms. The molecule has 0 saturated heterocycles. The molecule has 0 aromatic heterocycles. The third-order valence-corrected chi connectivity index (χ3v) is 3.61. The Bertz CT molecular complexity index is 569. The second kappa shape index (κ2) is 6.38. The van der Waals surface area contributed by atoms with E-state index in [2.05, 4.69) is 6.07 Å². The quantitative estimate of drug-likeness (QED) is 0.893. The summed E-state index contributed by atoms with van der Waals surface area (Å²) in [6.45, 7) is 4.05. The highest BCUT2D eigenvalue weighted by Gasteiger charge is 2.13. The van der Waals surface area contributed by atoms with Crippen molar-refractivity contribution in [2.24, 2.45) is 0 Å². The van der Waals surface area contributed by atoms with Crippen LogP contribution in [-0.2, 0) is 12.8 Å². The molecule has 0 amide bonds. The molecule has 1 nitrogen and oxygen atoms in total.